The van der Waals surface area contributed by atoms with Crippen LogP contribution in [0.3, 0.4) is 0 Å². The normalized spacial score (nSPS) is 13.3. The molecule has 1 atom stereocenters. The molecular weight excluding hydrogens is 769 g/mol. The Kier molecular flexibility index (Phi) is 45.7. The first-order valence-corrected chi connectivity index (χ1v) is 24.2. The average Bonchev–Trinajstić information content (AvgIpc) is 3.27. The quantitative estimate of drug-likeness (QED) is 0.0200. The zero-order valence-corrected chi connectivity index (χ0v) is 39.3. The Morgan fingerprint density at radius 1 is 0.371 bits per heavy atom. The fourth-order valence-electron chi connectivity index (χ4n) is 5.89. The van der Waals surface area contributed by atoms with Crippen LogP contribution in [-0.2, 0) is 28.6 Å². The summed E-state index contributed by atoms with van der Waals surface area (Å²) in [6.45, 7) is 6.19. The number of carbonyl (C=O) groups is 3. The number of hydrogen-bond donors (Lipinski definition) is 0. The Labute approximate surface area is 379 Å². The summed E-state index contributed by atoms with van der Waals surface area (Å²) in [6.07, 6.45) is 69.0. The summed E-state index contributed by atoms with van der Waals surface area (Å²) in [5, 5.41) is 0. The van der Waals surface area contributed by atoms with Gasteiger partial charge in [-0.25, -0.2) is 0 Å². The Morgan fingerprint density at radius 2 is 0.774 bits per heavy atom. The van der Waals surface area contributed by atoms with Crippen molar-refractivity contribution in [2.24, 2.45) is 0 Å². The summed E-state index contributed by atoms with van der Waals surface area (Å²) >= 11 is 0. The van der Waals surface area contributed by atoms with Crippen LogP contribution in [-0.4, -0.2) is 37.2 Å². The summed E-state index contributed by atoms with van der Waals surface area (Å²) in [7, 11) is 0. The molecule has 0 amide bonds. The lowest BCUT2D eigenvalue weighted by Gasteiger charge is -2.18. The van der Waals surface area contributed by atoms with Crippen LogP contribution in [0.25, 0.3) is 0 Å². The molecule has 0 aromatic carbocycles. The highest BCUT2D eigenvalue weighted by atomic mass is 16.6. The SMILES string of the molecule is CC/C=C\C/C=C\C/C=C\C/C=C\C/C=C\CCCC(=O)OC(COC(=O)C/C=C\C/C=C\C/C=C\CC)COC(=O)CCCCCCC\C=C/C=C\C=C/CCCCCCC. The lowest BCUT2D eigenvalue weighted by Crippen LogP contribution is -2.30. The number of hydrogen-bond acceptors (Lipinski definition) is 6. The van der Waals surface area contributed by atoms with Crippen LogP contribution in [0.2, 0.25) is 0 Å². The van der Waals surface area contributed by atoms with E-state index in [-0.39, 0.29) is 32.0 Å². The molecule has 0 saturated heterocycles. The molecule has 0 bridgehead atoms. The highest BCUT2D eigenvalue weighted by Gasteiger charge is 2.19. The van der Waals surface area contributed by atoms with Crippen LogP contribution in [0.4, 0.5) is 0 Å². The van der Waals surface area contributed by atoms with E-state index in [1.165, 1.54) is 32.1 Å². The number of rotatable bonds is 41. The number of unbranched alkanes of at least 4 members (excludes halogenated alkanes) is 11. The Bertz CT molecular complexity index is 1400. The van der Waals surface area contributed by atoms with Gasteiger partial charge in [-0.3, -0.25) is 14.4 Å². The van der Waals surface area contributed by atoms with Gasteiger partial charge in [0.2, 0.25) is 0 Å². The summed E-state index contributed by atoms with van der Waals surface area (Å²) in [5.41, 5.74) is 0. The van der Waals surface area contributed by atoms with Gasteiger partial charge in [-0.15, -0.1) is 0 Å². The van der Waals surface area contributed by atoms with Crippen LogP contribution >= 0.6 is 0 Å². The Morgan fingerprint density at radius 3 is 1.29 bits per heavy atom. The molecule has 346 valence electrons. The molecule has 0 aromatic heterocycles. The van der Waals surface area contributed by atoms with Crippen LogP contribution < -0.4 is 0 Å². The van der Waals surface area contributed by atoms with E-state index in [2.05, 4.69) is 142 Å². The second-order valence-electron chi connectivity index (χ2n) is 15.3. The van der Waals surface area contributed by atoms with Crippen molar-refractivity contribution >= 4 is 17.9 Å². The van der Waals surface area contributed by atoms with Gasteiger partial charge in [-0.1, -0.05) is 199 Å². The largest absolute Gasteiger partial charge is 0.462 e. The minimum Gasteiger partial charge on any atom is -0.462 e. The molecule has 0 heterocycles. The van der Waals surface area contributed by atoms with E-state index in [1.54, 1.807) is 6.08 Å². The third kappa shape index (κ3) is 46.6. The van der Waals surface area contributed by atoms with Crippen LogP contribution in [0.5, 0.6) is 0 Å². The van der Waals surface area contributed by atoms with E-state index < -0.39 is 18.0 Å². The molecule has 0 saturated carbocycles. The van der Waals surface area contributed by atoms with Gasteiger partial charge >= 0.3 is 17.9 Å². The zero-order valence-electron chi connectivity index (χ0n) is 39.3. The van der Waals surface area contributed by atoms with E-state index in [4.69, 9.17) is 14.2 Å². The maximum atomic E-state index is 12.7. The minimum atomic E-state index is -0.855. The van der Waals surface area contributed by atoms with Crippen LogP contribution in [0.15, 0.2) is 134 Å². The summed E-state index contributed by atoms with van der Waals surface area (Å²) in [5.74, 6) is -1.16. The smallest absolute Gasteiger partial charge is 0.309 e. The van der Waals surface area contributed by atoms with Gasteiger partial charge in [0.1, 0.15) is 13.2 Å². The predicted octanol–water partition coefficient (Wildman–Crippen LogP) is 15.9. The van der Waals surface area contributed by atoms with Crippen molar-refractivity contribution in [3.63, 3.8) is 0 Å². The van der Waals surface area contributed by atoms with Gasteiger partial charge in [-0.05, 0) is 96.3 Å². The van der Waals surface area contributed by atoms with E-state index >= 15 is 0 Å². The monoisotopic (exact) mass is 855 g/mol. The van der Waals surface area contributed by atoms with Crippen molar-refractivity contribution in [3.05, 3.63) is 134 Å². The lowest BCUT2D eigenvalue weighted by molar-refractivity contribution is -0.166. The minimum absolute atomic E-state index is 0.113. The maximum absolute atomic E-state index is 12.7. The summed E-state index contributed by atoms with van der Waals surface area (Å²) in [6, 6.07) is 0. The lowest BCUT2D eigenvalue weighted by atomic mass is 10.1. The van der Waals surface area contributed by atoms with Gasteiger partial charge < -0.3 is 14.2 Å². The molecule has 0 aliphatic carbocycles. The first-order chi connectivity index (χ1) is 30.5. The van der Waals surface area contributed by atoms with Crippen LogP contribution in [0.1, 0.15) is 181 Å². The summed E-state index contributed by atoms with van der Waals surface area (Å²) in [4.78, 5) is 37.7. The van der Waals surface area contributed by atoms with Gasteiger partial charge in [0.15, 0.2) is 6.10 Å². The molecule has 62 heavy (non-hydrogen) atoms. The van der Waals surface area contributed by atoms with Crippen molar-refractivity contribution in [1.29, 1.82) is 0 Å². The number of carbonyl (C=O) groups excluding carboxylic acids is 3. The van der Waals surface area contributed by atoms with Crippen LogP contribution in [0, 0.1) is 0 Å². The number of ether oxygens (including phenoxy) is 3. The Hall–Kier alpha value is -4.45. The average molecular weight is 855 g/mol. The van der Waals surface area contributed by atoms with E-state index in [0.29, 0.717) is 12.8 Å². The summed E-state index contributed by atoms with van der Waals surface area (Å²) < 4.78 is 16.5. The maximum Gasteiger partial charge on any atom is 0.309 e. The highest BCUT2D eigenvalue weighted by Crippen LogP contribution is 2.11. The first-order valence-electron chi connectivity index (χ1n) is 24.2. The van der Waals surface area contributed by atoms with Crippen molar-refractivity contribution in [2.45, 2.75) is 187 Å². The van der Waals surface area contributed by atoms with Crippen molar-refractivity contribution in [1.82, 2.24) is 0 Å². The molecule has 0 spiro atoms. The third-order valence-corrected chi connectivity index (χ3v) is 9.46. The van der Waals surface area contributed by atoms with Gasteiger partial charge in [-0.2, -0.15) is 0 Å². The van der Waals surface area contributed by atoms with Crippen molar-refractivity contribution < 1.29 is 28.6 Å². The molecule has 6 nitrogen and oxygen atoms in total. The first kappa shape index (κ1) is 57.5. The fraction of sp³-hybridized carbons (Fsp3) is 0.554. The molecule has 0 N–H and O–H groups in total. The highest BCUT2D eigenvalue weighted by molar-refractivity contribution is 5.72. The second kappa shape index (κ2) is 49.2. The topological polar surface area (TPSA) is 78.9 Å². The molecule has 0 radical (unpaired) electrons. The molecule has 1 unspecified atom stereocenters. The van der Waals surface area contributed by atoms with Gasteiger partial charge in [0.25, 0.3) is 0 Å². The number of esters is 3. The molecule has 0 aliphatic rings. The Balaban J connectivity index is 4.56. The third-order valence-electron chi connectivity index (χ3n) is 9.46. The van der Waals surface area contributed by atoms with Gasteiger partial charge in [0, 0.05) is 12.8 Å². The van der Waals surface area contributed by atoms with E-state index in [9.17, 15) is 14.4 Å². The van der Waals surface area contributed by atoms with E-state index in [1.807, 2.05) is 6.08 Å². The van der Waals surface area contributed by atoms with Gasteiger partial charge in [0.05, 0.1) is 6.42 Å². The predicted molar refractivity (Wildman–Crippen MR) is 265 cm³/mol. The molecule has 0 aliphatic heterocycles. The fourth-order valence-corrected chi connectivity index (χ4v) is 5.89. The van der Waals surface area contributed by atoms with Crippen molar-refractivity contribution in [3.8, 4) is 0 Å². The molecule has 0 rings (SSSR count). The molecule has 6 heteroatoms. The molecule has 0 aromatic rings. The number of allylic oxidation sites excluding steroid dienone is 21. The second-order valence-corrected chi connectivity index (χ2v) is 15.3. The zero-order chi connectivity index (χ0) is 45.1. The van der Waals surface area contributed by atoms with Crippen molar-refractivity contribution in [2.75, 3.05) is 13.2 Å². The molecular formula is C56H86O6. The molecule has 0 fully saturated rings. The van der Waals surface area contributed by atoms with E-state index in [0.717, 1.165) is 103 Å². The standard InChI is InChI=1S/C56H86O6/c1-4-7-10-13-16-19-21-23-25-27-29-30-32-34-37-40-43-46-49-55(58)61-52-53(51-60-54(57)48-45-42-39-36-18-15-12-9-6-3)62-56(59)50-47-44-41-38-35-33-31-28-26-24-22-20-17-14-11-8-5-2/h8-9,11-12,17-18,20-21,23-27,29-31,33,36,38,41-42,45,53H,4-7,10,13-16,19,22,28,32,34-35,37,39-40,43-44,46-52H2,1-3H3/b11-8-,12-9-,20-17-,23-21-,26-24-,27-25-,30-29-,33-31-,36-18-,41-38-,45-42-.